The standard InChI is InChI=1S/C13H18BrNO2/c1-5-17-12(16)13(3,4)15-11-8-10(14)7-6-9(11)2/h6-8,15H,5H2,1-4H3. The molecule has 0 aromatic heterocycles. The Morgan fingerprint density at radius 2 is 2.12 bits per heavy atom. The minimum atomic E-state index is -0.735. The number of aryl methyl sites for hydroxylation is 1. The Kier molecular flexibility index (Phi) is 4.57. The summed E-state index contributed by atoms with van der Waals surface area (Å²) in [5.41, 5.74) is 1.28. The van der Waals surface area contributed by atoms with E-state index < -0.39 is 5.54 Å². The molecule has 0 amide bonds. The van der Waals surface area contributed by atoms with Gasteiger partial charge in [-0.25, -0.2) is 4.79 Å². The van der Waals surface area contributed by atoms with E-state index in [4.69, 9.17) is 4.74 Å². The number of carbonyl (C=O) groups is 1. The molecule has 1 aromatic carbocycles. The lowest BCUT2D eigenvalue weighted by molar-refractivity contribution is -0.147. The number of anilines is 1. The van der Waals surface area contributed by atoms with E-state index in [1.807, 2.05) is 39.0 Å². The van der Waals surface area contributed by atoms with Gasteiger partial charge in [0.05, 0.1) is 6.61 Å². The van der Waals surface area contributed by atoms with Gasteiger partial charge in [-0.05, 0) is 45.4 Å². The molecular weight excluding hydrogens is 282 g/mol. The van der Waals surface area contributed by atoms with Gasteiger partial charge >= 0.3 is 5.97 Å². The second-order valence-electron chi connectivity index (χ2n) is 4.43. The SMILES string of the molecule is CCOC(=O)C(C)(C)Nc1cc(Br)ccc1C. The Hall–Kier alpha value is -1.03. The molecule has 0 atom stereocenters. The van der Waals surface area contributed by atoms with Gasteiger partial charge in [-0.3, -0.25) is 0 Å². The topological polar surface area (TPSA) is 38.3 Å². The van der Waals surface area contributed by atoms with Crippen molar-refractivity contribution in [1.82, 2.24) is 0 Å². The molecule has 0 aliphatic heterocycles. The van der Waals surface area contributed by atoms with Crippen LogP contribution in [0, 0.1) is 6.92 Å². The molecule has 0 spiro atoms. The van der Waals surface area contributed by atoms with E-state index in [0.717, 1.165) is 15.7 Å². The monoisotopic (exact) mass is 299 g/mol. The van der Waals surface area contributed by atoms with Crippen LogP contribution in [0.25, 0.3) is 0 Å². The lowest BCUT2D eigenvalue weighted by Crippen LogP contribution is -2.41. The number of carbonyl (C=O) groups excluding carboxylic acids is 1. The molecule has 94 valence electrons. The van der Waals surface area contributed by atoms with Gasteiger partial charge in [-0.1, -0.05) is 22.0 Å². The molecule has 17 heavy (non-hydrogen) atoms. The van der Waals surface area contributed by atoms with Gasteiger partial charge in [0.15, 0.2) is 0 Å². The van der Waals surface area contributed by atoms with Gasteiger partial charge in [0.1, 0.15) is 5.54 Å². The Bertz CT molecular complexity index is 416. The van der Waals surface area contributed by atoms with Crippen molar-refractivity contribution in [1.29, 1.82) is 0 Å². The molecule has 0 saturated carbocycles. The fourth-order valence-corrected chi connectivity index (χ4v) is 1.79. The van der Waals surface area contributed by atoms with E-state index in [0.29, 0.717) is 6.61 Å². The summed E-state index contributed by atoms with van der Waals surface area (Å²) in [5.74, 6) is -0.251. The second-order valence-corrected chi connectivity index (χ2v) is 5.35. The number of halogens is 1. The third-order valence-electron chi connectivity index (χ3n) is 2.43. The van der Waals surface area contributed by atoms with Crippen LogP contribution in [-0.4, -0.2) is 18.1 Å². The molecule has 4 heteroatoms. The van der Waals surface area contributed by atoms with E-state index >= 15 is 0 Å². The van der Waals surface area contributed by atoms with Crippen molar-refractivity contribution in [3.8, 4) is 0 Å². The summed E-state index contributed by atoms with van der Waals surface area (Å²) in [5, 5.41) is 3.21. The number of esters is 1. The summed E-state index contributed by atoms with van der Waals surface area (Å²) < 4.78 is 6.01. The third-order valence-corrected chi connectivity index (χ3v) is 2.93. The van der Waals surface area contributed by atoms with Crippen molar-refractivity contribution >= 4 is 27.6 Å². The van der Waals surface area contributed by atoms with Crippen molar-refractivity contribution < 1.29 is 9.53 Å². The minimum Gasteiger partial charge on any atom is -0.464 e. The Labute approximate surface area is 111 Å². The molecule has 0 aliphatic carbocycles. The zero-order chi connectivity index (χ0) is 13.1. The number of ether oxygens (including phenoxy) is 1. The van der Waals surface area contributed by atoms with Crippen LogP contribution in [0.4, 0.5) is 5.69 Å². The fraction of sp³-hybridized carbons (Fsp3) is 0.462. The van der Waals surface area contributed by atoms with E-state index in [1.54, 1.807) is 6.92 Å². The van der Waals surface area contributed by atoms with Gasteiger partial charge in [0, 0.05) is 10.2 Å². The van der Waals surface area contributed by atoms with Crippen LogP contribution < -0.4 is 5.32 Å². The van der Waals surface area contributed by atoms with Gasteiger partial charge in [-0.2, -0.15) is 0 Å². The zero-order valence-corrected chi connectivity index (χ0v) is 12.2. The van der Waals surface area contributed by atoms with Crippen molar-refractivity contribution in [2.75, 3.05) is 11.9 Å². The second kappa shape index (κ2) is 5.54. The quantitative estimate of drug-likeness (QED) is 0.865. The zero-order valence-electron chi connectivity index (χ0n) is 10.6. The Balaban J connectivity index is 2.89. The van der Waals surface area contributed by atoms with Crippen LogP contribution in [0.15, 0.2) is 22.7 Å². The van der Waals surface area contributed by atoms with Crippen LogP contribution in [0.1, 0.15) is 26.3 Å². The number of hydrogen-bond acceptors (Lipinski definition) is 3. The van der Waals surface area contributed by atoms with Crippen molar-refractivity contribution in [3.63, 3.8) is 0 Å². The molecule has 0 radical (unpaired) electrons. The first kappa shape index (κ1) is 14.0. The maximum Gasteiger partial charge on any atom is 0.331 e. The average Bonchev–Trinajstić information content (AvgIpc) is 2.23. The number of benzene rings is 1. The summed E-state index contributed by atoms with van der Waals surface area (Å²) in [7, 11) is 0. The summed E-state index contributed by atoms with van der Waals surface area (Å²) in [6.45, 7) is 7.81. The maximum absolute atomic E-state index is 11.8. The summed E-state index contributed by atoms with van der Waals surface area (Å²) in [6.07, 6.45) is 0. The van der Waals surface area contributed by atoms with Crippen LogP contribution in [0.5, 0.6) is 0 Å². The predicted molar refractivity (Wildman–Crippen MR) is 73.2 cm³/mol. The lowest BCUT2D eigenvalue weighted by Gasteiger charge is -2.26. The first-order valence-corrected chi connectivity index (χ1v) is 6.37. The molecule has 0 bridgehead atoms. The maximum atomic E-state index is 11.8. The highest BCUT2D eigenvalue weighted by atomic mass is 79.9. The van der Waals surface area contributed by atoms with Crippen molar-refractivity contribution in [2.45, 2.75) is 33.2 Å². The number of nitrogens with one attached hydrogen (secondary N) is 1. The first-order chi connectivity index (χ1) is 7.86. The minimum absolute atomic E-state index is 0.251. The Morgan fingerprint density at radius 1 is 1.47 bits per heavy atom. The molecule has 0 unspecified atom stereocenters. The normalized spacial score (nSPS) is 11.1. The Morgan fingerprint density at radius 3 is 2.71 bits per heavy atom. The number of hydrogen-bond donors (Lipinski definition) is 1. The summed E-state index contributed by atoms with van der Waals surface area (Å²) in [4.78, 5) is 11.8. The summed E-state index contributed by atoms with van der Waals surface area (Å²) in [6, 6.07) is 5.92. The smallest absolute Gasteiger partial charge is 0.331 e. The van der Waals surface area contributed by atoms with Crippen LogP contribution in [0.3, 0.4) is 0 Å². The van der Waals surface area contributed by atoms with Crippen molar-refractivity contribution in [2.24, 2.45) is 0 Å². The molecule has 0 fully saturated rings. The number of rotatable bonds is 4. The third kappa shape index (κ3) is 3.73. The predicted octanol–water partition coefficient (Wildman–Crippen LogP) is 3.51. The largest absolute Gasteiger partial charge is 0.464 e. The highest BCUT2D eigenvalue weighted by molar-refractivity contribution is 9.10. The van der Waals surface area contributed by atoms with Gasteiger partial charge in [0.25, 0.3) is 0 Å². The average molecular weight is 300 g/mol. The van der Waals surface area contributed by atoms with Gasteiger partial charge in [0.2, 0.25) is 0 Å². The van der Waals surface area contributed by atoms with Gasteiger partial charge in [-0.15, -0.1) is 0 Å². The van der Waals surface area contributed by atoms with E-state index in [1.165, 1.54) is 0 Å². The van der Waals surface area contributed by atoms with Crippen LogP contribution in [-0.2, 0) is 9.53 Å². The first-order valence-electron chi connectivity index (χ1n) is 5.58. The molecule has 1 N–H and O–H groups in total. The van der Waals surface area contributed by atoms with E-state index in [9.17, 15) is 4.79 Å². The summed E-state index contributed by atoms with van der Waals surface area (Å²) >= 11 is 3.42. The molecule has 0 aliphatic rings. The van der Waals surface area contributed by atoms with Crippen LogP contribution >= 0.6 is 15.9 Å². The van der Waals surface area contributed by atoms with Crippen LogP contribution in [0.2, 0.25) is 0 Å². The molecule has 1 rings (SSSR count). The molecule has 0 heterocycles. The highest BCUT2D eigenvalue weighted by Gasteiger charge is 2.29. The van der Waals surface area contributed by atoms with E-state index in [-0.39, 0.29) is 5.97 Å². The van der Waals surface area contributed by atoms with Crippen molar-refractivity contribution in [3.05, 3.63) is 28.2 Å². The van der Waals surface area contributed by atoms with E-state index in [2.05, 4.69) is 21.2 Å². The van der Waals surface area contributed by atoms with Gasteiger partial charge < -0.3 is 10.1 Å². The fourth-order valence-electron chi connectivity index (χ4n) is 1.43. The highest BCUT2D eigenvalue weighted by Crippen LogP contribution is 2.24. The molecule has 0 saturated heterocycles. The lowest BCUT2D eigenvalue weighted by atomic mass is 10.0. The molecule has 3 nitrogen and oxygen atoms in total. The molecule has 1 aromatic rings. The molecular formula is C13H18BrNO2.